The maximum atomic E-state index is 10.4. The lowest BCUT2D eigenvalue weighted by Gasteiger charge is -2.02. The van der Waals surface area contributed by atoms with E-state index in [-0.39, 0.29) is 0 Å². The van der Waals surface area contributed by atoms with E-state index in [0.717, 1.165) is 17.2 Å². The van der Waals surface area contributed by atoms with E-state index in [2.05, 4.69) is 5.10 Å². The van der Waals surface area contributed by atoms with Gasteiger partial charge in [-0.2, -0.15) is 5.10 Å². The van der Waals surface area contributed by atoms with Crippen LogP contribution in [-0.4, -0.2) is 20.9 Å². The number of carbonyl (C=O) groups is 1. The molecule has 0 bridgehead atoms. The summed E-state index contributed by atoms with van der Waals surface area (Å²) in [6.45, 7) is 0.599. The van der Waals surface area contributed by atoms with Gasteiger partial charge >= 0.3 is 5.97 Å². The number of benzene rings is 1. The molecule has 0 unspecified atom stereocenters. The number of aliphatic carboxylic acids is 1. The first kappa shape index (κ1) is 12.4. The number of halogens is 1. The molecular weight excluding hydrogens is 252 g/mol. The zero-order chi connectivity index (χ0) is 13.0. The maximum absolute atomic E-state index is 10.4. The van der Waals surface area contributed by atoms with Gasteiger partial charge in [-0.15, -0.1) is 0 Å². The van der Waals surface area contributed by atoms with Gasteiger partial charge in [-0.1, -0.05) is 29.8 Å². The minimum absolute atomic E-state index is 0.594. The van der Waals surface area contributed by atoms with Gasteiger partial charge in [-0.05, 0) is 23.3 Å². The second-order valence-electron chi connectivity index (χ2n) is 3.77. The van der Waals surface area contributed by atoms with Crippen LogP contribution in [0.15, 0.2) is 42.7 Å². The quantitative estimate of drug-likeness (QED) is 0.862. The van der Waals surface area contributed by atoms with E-state index in [0.29, 0.717) is 11.6 Å². The Morgan fingerprint density at radius 2 is 2.33 bits per heavy atom. The third kappa shape index (κ3) is 3.46. The molecule has 4 nitrogen and oxygen atoms in total. The largest absolute Gasteiger partial charge is 0.478 e. The predicted octanol–water partition coefficient (Wildman–Crippen LogP) is 2.68. The first-order chi connectivity index (χ1) is 8.63. The van der Waals surface area contributed by atoms with Gasteiger partial charge in [0.1, 0.15) is 0 Å². The molecule has 0 atom stereocenters. The SMILES string of the molecule is O=C(O)C=Cc1cccc(Cn2cc(Cl)cn2)c1. The zero-order valence-corrected chi connectivity index (χ0v) is 10.2. The van der Waals surface area contributed by atoms with Gasteiger partial charge in [0.25, 0.3) is 0 Å². The molecule has 0 radical (unpaired) electrons. The smallest absolute Gasteiger partial charge is 0.328 e. The molecule has 1 heterocycles. The highest BCUT2D eigenvalue weighted by Crippen LogP contribution is 2.11. The van der Waals surface area contributed by atoms with Crippen LogP contribution >= 0.6 is 11.6 Å². The second-order valence-corrected chi connectivity index (χ2v) is 4.21. The average Bonchev–Trinajstić information content (AvgIpc) is 2.73. The van der Waals surface area contributed by atoms with E-state index < -0.39 is 5.97 Å². The summed E-state index contributed by atoms with van der Waals surface area (Å²) in [6.07, 6.45) is 5.99. The van der Waals surface area contributed by atoms with Crippen molar-refractivity contribution in [3.63, 3.8) is 0 Å². The van der Waals surface area contributed by atoms with Gasteiger partial charge in [0.15, 0.2) is 0 Å². The lowest BCUT2D eigenvalue weighted by molar-refractivity contribution is -0.131. The van der Waals surface area contributed by atoms with Crippen molar-refractivity contribution in [3.05, 3.63) is 58.9 Å². The van der Waals surface area contributed by atoms with E-state index in [9.17, 15) is 4.79 Å². The molecule has 2 aromatic rings. The molecule has 1 N–H and O–H groups in total. The van der Waals surface area contributed by atoms with Crippen molar-refractivity contribution in [2.45, 2.75) is 6.54 Å². The number of hydrogen-bond donors (Lipinski definition) is 1. The van der Waals surface area contributed by atoms with Crippen molar-refractivity contribution in [1.82, 2.24) is 9.78 Å². The Morgan fingerprint density at radius 3 is 3.00 bits per heavy atom. The molecule has 0 amide bonds. The summed E-state index contributed by atoms with van der Waals surface area (Å²) in [4.78, 5) is 10.4. The van der Waals surface area contributed by atoms with Gasteiger partial charge in [0, 0.05) is 12.3 Å². The Morgan fingerprint density at radius 1 is 1.50 bits per heavy atom. The lowest BCUT2D eigenvalue weighted by atomic mass is 10.1. The summed E-state index contributed by atoms with van der Waals surface area (Å²) in [5, 5.41) is 13.2. The van der Waals surface area contributed by atoms with Gasteiger partial charge in [0.2, 0.25) is 0 Å². The number of rotatable bonds is 4. The minimum atomic E-state index is -0.959. The summed E-state index contributed by atoms with van der Waals surface area (Å²) in [5.74, 6) is -0.959. The topological polar surface area (TPSA) is 55.1 Å². The van der Waals surface area contributed by atoms with Crippen molar-refractivity contribution >= 4 is 23.6 Å². The molecule has 1 aromatic heterocycles. The van der Waals surface area contributed by atoms with E-state index in [1.165, 1.54) is 0 Å². The summed E-state index contributed by atoms with van der Waals surface area (Å²) in [7, 11) is 0. The molecule has 0 saturated heterocycles. The van der Waals surface area contributed by atoms with E-state index in [1.807, 2.05) is 24.3 Å². The summed E-state index contributed by atoms with van der Waals surface area (Å²) in [5.41, 5.74) is 1.87. The Balaban J connectivity index is 2.14. The van der Waals surface area contributed by atoms with Crippen molar-refractivity contribution in [2.75, 3.05) is 0 Å². The molecule has 0 spiro atoms. The summed E-state index contributed by atoms with van der Waals surface area (Å²) in [6, 6.07) is 7.59. The fraction of sp³-hybridized carbons (Fsp3) is 0.0769. The Bertz CT molecular complexity index is 590. The highest BCUT2D eigenvalue weighted by molar-refractivity contribution is 6.30. The summed E-state index contributed by atoms with van der Waals surface area (Å²) < 4.78 is 1.72. The Kier molecular flexibility index (Phi) is 3.79. The molecule has 5 heteroatoms. The molecule has 0 saturated carbocycles. The van der Waals surface area contributed by atoms with Crippen LogP contribution in [0.3, 0.4) is 0 Å². The molecule has 2 rings (SSSR count). The van der Waals surface area contributed by atoms with Crippen LogP contribution < -0.4 is 0 Å². The van der Waals surface area contributed by atoms with Crippen molar-refractivity contribution in [2.24, 2.45) is 0 Å². The van der Waals surface area contributed by atoms with Crippen LogP contribution in [0, 0.1) is 0 Å². The first-order valence-corrected chi connectivity index (χ1v) is 5.69. The molecule has 0 aliphatic rings. The number of hydrogen-bond acceptors (Lipinski definition) is 2. The fourth-order valence-corrected chi connectivity index (χ4v) is 1.73. The van der Waals surface area contributed by atoms with E-state index in [1.54, 1.807) is 23.2 Å². The van der Waals surface area contributed by atoms with Gasteiger partial charge in [-0.3, -0.25) is 4.68 Å². The van der Waals surface area contributed by atoms with E-state index in [4.69, 9.17) is 16.7 Å². The molecule has 0 aliphatic heterocycles. The van der Waals surface area contributed by atoms with Crippen LogP contribution in [0.1, 0.15) is 11.1 Å². The van der Waals surface area contributed by atoms with E-state index >= 15 is 0 Å². The highest BCUT2D eigenvalue weighted by atomic mass is 35.5. The predicted molar refractivity (Wildman–Crippen MR) is 69.5 cm³/mol. The Hall–Kier alpha value is -2.07. The average molecular weight is 263 g/mol. The molecular formula is C13H11ClN2O2. The number of carboxylic acid groups (broad SMARTS) is 1. The van der Waals surface area contributed by atoms with Crippen molar-refractivity contribution < 1.29 is 9.90 Å². The van der Waals surface area contributed by atoms with Crippen molar-refractivity contribution in [3.8, 4) is 0 Å². The van der Waals surface area contributed by atoms with Crippen LogP contribution in [-0.2, 0) is 11.3 Å². The summed E-state index contributed by atoms with van der Waals surface area (Å²) >= 11 is 5.78. The van der Waals surface area contributed by atoms with Crippen LogP contribution in [0.4, 0.5) is 0 Å². The van der Waals surface area contributed by atoms with Gasteiger partial charge in [-0.25, -0.2) is 4.79 Å². The maximum Gasteiger partial charge on any atom is 0.328 e. The zero-order valence-electron chi connectivity index (χ0n) is 9.45. The van der Waals surface area contributed by atoms with Crippen LogP contribution in [0.25, 0.3) is 6.08 Å². The highest BCUT2D eigenvalue weighted by Gasteiger charge is 1.98. The third-order valence-electron chi connectivity index (χ3n) is 2.32. The number of nitrogens with zero attached hydrogens (tertiary/aromatic N) is 2. The monoisotopic (exact) mass is 262 g/mol. The standard InChI is InChI=1S/C13H11ClN2O2/c14-12-7-15-16(9-12)8-11-3-1-2-10(6-11)4-5-13(17)18/h1-7,9H,8H2,(H,17,18). The van der Waals surface area contributed by atoms with Crippen LogP contribution in [0.2, 0.25) is 5.02 Å². The first-order valence-electron chi connectivity index (χ1n) is 5.31. The van der Waals surface area contributed by atoms with Gasteiger partial charge in [0.05, 0.1) is 17.8 Å². The molecule has 0 aliphatic carbocycles. The molecule has 0 fully saturated rings. The van der Waals surface area contributed by atoms with Crippen LogP contribution in [0.5, 0.6) is 0 Å². The fourth-order valence-electron chi connectivity index (χ4n) is 1.57. The number of carboxylic acids is 1. The Labute approximate surface area is 109 Å². The number of aromatic nitrogens is 2. The van der Waals surface area contributed by atoms with Crippen molar-refractivity contribution in [1.29, 1.82) is 0 Å². The third-order valence-corrected chi connectivity index (χ3v) is 2.51. The van der Waals surface area contributed by atoms with Gasteiger partial charge < -0.3 is 5.11 Å². The lowest BCUT2D eigenvalue weighted by Crippen LogP contribution is -1.99. The molecule has 1 aromatic carbocycles. The second kappa shape index (κ2) is 5.51. The normalized spacial score (nSPS) is 10.9. The molecule has 18 heavy (non-hydrogen) atoms. The molecule has 92 valence electrons. The minimum Gasteiger partial charge on any atom is -0.478 e.